The Bertz CT molecular complexity index is 301. The summed E-state index contributed by atoms with van der Waals surface area (Å²) >= 11 is 0. The Balaban J connectivity index is 2.98. The minimum Gasteiger partial charge on any atom is -0.405 e. The lowest BCUT2D eigenvalue weighted by molar-refractivity contribution is 0.517. The van der Waals surface area contributed by atoms with Crippen LogP contribution in [0.4, 0.5) is 0 Å². The minimum atomic E-state index is 0.870. The van der Waals surface area contributed by atoms with Gasteiger partial charge in [-0.15, -0.1) is 0 Å². The zero-order chi connectivity index (χ0) is 21.1. The molecule has 0 heterocycles. The lowest BCUT2D eigenvalue weighted by atomic mass is 10.0. The Hall–Kier alpha value is -0.500. The molecule has 0 unspecified atom stereocenters. The maximum Gasteiger partial charge on any atom is -0.00773 e. The van der Waals surface area contributed by atoms with Crippen molar-refractivity contribution in [3.8, 4) is 0 Å². The summed E-state index contributed by atoms with van der Waals surface area (Å²) in [7, 11) is 0. The molecule has 0 aromatic rings. The fraction of sp³-hybridized carbons (Fsp3) is 0.926. The van der Waals surface area contributed by atoms with E-state index in [1.807, 2.05) is 0 Å². The molecule has 0 spiro atoms. The quantitative estimate of drug-likeness (QED) is 0.148. The summed E-state index contributed by atoms with van der Waals surface area (Å²) in [6.45, 7) is 0.870. The number of rotatable bonds is 25. The van der Waals surface area contributed by atoms with Crippen LogP contribution in [0.15, 0.2) is 12.3 Å². The van der Waals surface area contributed by atoms with Crippen LogP contribution >= 0.6 is 0 Å². The molecule has 0 saturated heterocycles. The smallest absolute Gasteiger partial charge is 0.00773 e. The highest BCUT2D eigenvalue weighted by atomic mass is 14.5. The lowest BCUT2D eigenvalue weighted by Gasteiger charge is -2.04. The van der Waals surface area contributed by atoms with Crippen molar-refractivity contribution >= 4 is 0 Å². The SMILES string of the molecule is NC=CCCCCCCCCCCCCCCCCCCCCCCCCCN. The van der Waals surface area contributed by atoms with E-state index in [2.05, 4.69) is 6.08 Å². The summed E-state index contributed by atoms with van der Waals surface area (Å²) in [4.78, 5) is 0. The molecule has 2 heteroatoms. The Kier molecular flexibility index (Phi) is 27.0. The molecule has 0 radical (unpaired) electrons. The summed E-state index contributed by atoms with van der Waals surface area (Å²) in [5.74, 6) is 0. The fourth-order valence-electron chi connectivity index (χ4n) is 4.22. The first kappa shape index (κ1) is 28.5. The molecule has 0 fully saturated rings. The average Bonchev–Trinajstić information content (AvgIpc) is 2.74. The fourth-order valence-corrected chi connectivity index (χ4v) is 4.22. The summed E-state index contributed by atoms with van der Waals surface area (Å²) in [5, 5.41) is 0. The zero-order valence-electron chi connectivity index (χ0n) is 20.0. The molecule has 0 aliphatic rings. The molecular formula is C27H56N2. The first-order valence-corrected chi connectivity index (χ1v) is 13.5. The molecule has 0 amide bonds. The van der Waals surface area contributed by atoms with E-state index >= 15 is 0 Å². The number of nitrogens with two attached hydrogens (primary N) is 2. The average molecular weight is 409 g/mol. The minimum absolute atomic E-state index is 0.870. The highest BCUT2D eigenvalue weighted by Gasteiger charge is 1.96. The number of unbranched alkanes of at least 4 members (excludes halogenated alkanes) is 23. The van der Waals surface area contributed by atoms with E-state index in [9.17, 15) is 0 Å². The topological polar surface area (TPSA) is 52.0 Å². The van der Waals surface area contributed by atoms with Crippen LogP contribution in [0.25, 0.3) is 0 Å². The highest BCUT2D eigenvalue weighted by Crippen LogP contribution is 2.15. The van der Waals surface area contributed by atoms with E-state index in [-0.39, 0.29) is 0 Å². The van der Waals surface area contributed by atoms with E-state index in [0.29, 0.717) is 0 Å². The van der Waals surface area contributed by atoms with Gasteiger partial charge in [-0.05, 0) is 32.0 Å². The van der Waals surface area contributed by atoms with Gasteiger partial charge in [0, 0.05) is 0 Å². The number of allylic oxidation sites excluding steroid dienone is 1. The predicted molar refractivity (Wildman–Crippen MR) is 133 cm³/mol. The van der Waals surface area contributed by atoms with Gasteiger partial charge in [0.2, 0.25) is 0 Å². The molecular weight excluding hydrogens is 352 g/mol. The largest absolute Gasteiger partial charge is 0.405 e. The Morgan fingerprint density at radius 1 is 0.345 bits per heavy atom. The van der Waals surface area contributed by atoms with Crippen molar-refractivity contribution in [2.24, 2.45) is 11.5 Å². The molecule has 0 aliphatic carbocycles. The second kappa shape index (κ2) is 27.5. The van der Waals surface area contributed by atoms with Crippen molar-refractivity contribution in [2.45, 2.75) is 154 Å². The summed E-state index contributed by atoms with van der Waals surface area (Å²) in [6, 6.07) is 0. The van der Waals surface area contributed by atoms with Crippen LogP contribution in [0.3, 0.4) is 0 Å². The molecule has 0 aromatic carbocycles. The number of hydrogen-bond acceptors (Lipinski definition) is 2. The van der Waals surface area contributed by atoms with E-state index in [0.717, 1.165) is 13.0 Å². The predicted octanol–water partition coefficient (Wildman–Crippen LogP) is 8.78. The Morgan fingerprint density at radius 3 is 0.828 bits per heavy atom. The number of hydrogen-bond donors (Lipinski definition) is 2. The molecule has 174 valence electrons. The summed E-state index contributed by atoms with van der Waals surface area (Å²) in [5.41, 5.74) is 10.9. The van der Waals surface area contributed by atoms with Gasteiger partial charge in [-0.1, -0.05) is 141 Å². The Labute approximate surface area is 184 Å². The van der Waals surface area contributed by atoms with Gasteiger partial charge in [-0.3, -0.25) is 0 Å². The van der Waals surface area contributed by atoms with Gasteiger partial charge >= 0.3 is 0 Å². The van der Waals surface area contributed by atoms with Gasteiger partial charge in [-0.2, -0.15) is 0 Å². The van der Waals surface area contributed by atoms with Crippen molar-refractivity contribution in [1.29, 1.82) is 0 Å². The molecule has 0 rings (SSSR count). The standard InChI is InChI=1S/C27H56N2/c28-26-24-22-20-18-16-14-12-10-8-6-4-2-1-3-5-7-9-11-13-15-17-19-21-23-25-27-29/h24,26H,1-23,25,27-29H2. The van der Waals surface area contributed by atoms with Crippen LogP contribution in [0.5, 0.6) is 0 Å². The normalized spacial score (nSPS) is 11.6. The van der Waals surface area contributed by atoms with Crippen molar-refractivity contribution < 1.29 is 0 Å². The lowest BCUT2D eigenvalue weighted by Crippen LogP contribution is -1.97. The highest BCUT2D eigenvalue weighted by molar-refractivity contribution is 4.74. The van der Waals surface area contributed by atoms with Crippen LogP contribution in [-0.4, -0.2) is 6.54 Å². The summed E-state index contributed by atoms with van der Waals surface area (Å²) in [6.07, 6.45) is 37.8. The van der Waals surface area contributed by atoms with E-state index in [1.54, 1.807) is 6.20 Å². The molecule has 4 N–H and O–H groups in total. The second-order valence-electron chi connectivity index (χ2n) is 9.14. The molecule has 29 heavy (non-hydrogen) atoms. The third kappa shape index (κ3) is 27.5. The van der Waals surface area contributed by atoms with E-state index in [4.69, 9.17) is 11.5 Å². The van der Waals surface area contributed by atoms with E-state index in [1.165, 1.54) is 148 Å². The van der Waals surface area contributed by atoms with Gasteiger partial charge < -0.3 is 11.5 Å². The van der Waals surface area contributed by atoms with Crippen molar-refractivity contribution in [1.82, 2.24) is 0 Å². The molecule has 0 atom stereocenters. The van der Waals surface area contributed by atoms with Gasteiger partial charge in [0.05, 0.1) is 0 Å². The van der Waals surface area contributed by atoms with Crippen molar-refractivity contribution in [3.63, 3.8) is 0 Å². The first-order valence-electron chi connectivity index (χ1n) is 13.5. The Morgan fingerprint density at radius 2 is 0.586 bits per heavy atom. The van der Waals surface area contributed by atoms with Gasteiger partial charge in [0.25, 0.3) is 0 Å². The first-order chi connectivity index (χ1) is 14.4. The third-order valence-corrected chi connectivity index (χ3v) is 6.21. The zero-order valence-corrected chi connectivity index (χ0v) is 20.0. The van der Waals surface area contributed by atoms with Crippen LogP contribution in [0, 0.1) is 0 Å². The van der Waals surface area contributed by atoms with Crippen LogP contribution in [0.2, 0.25) is 0 Å². The second-order valence-corrected chi connectivity index (χ2v) is 9.14. The van der Waals surface area contributed by atoms with Gasteiger partial charge in [-0.25, -0.2) is 0 Å². The van der Waals surface area contributed by atoms with Crippen LogP contribution in [-0.2, 0) is 0 Å². The van der Waals surface area contributed by atoms with Crippen molar-refractivity contribution in [2.75, 3.05) is 6.54 Å². The molecule has 0 aliphatic heterocycles. The molecule has 0 bridgehead atoms. The monoisotopic (exact) mass is 408 g/mol. The molecule has 2 nitrogen and oxygen atoms in total. The molecule has 0 saturated carbocycles. The van der Waals surface area contributed by atoms with Crippen LogP contribution in [0.1, 0.15) is 154 Å². The summed E-state index contributed by atoms with van der Waals surface area (Å²) < 4.78 is 0. The van der Waals surface area contributed by atoms with Crippen molar-refractivity contribution in [3.05, 3.63) is 12.3 Å². The van der Waals surface area contributed by atoms with E-state index < -0.39 is 0 Å². The molecule has 0 aromatic heterocycles. The maximum absolute atomic E-state index is 5.52. The third-order valence-electron chi connectivity index (χ3n) is 6.21. The van der Waals surface area contributed by atoms with Gasteiger partial charge in [0.1, 0.15) is 0 Å². The maximum atomic E-state index is 5.52. The van der Waals surface area contributed by atoms with Gasteiger partial charge in [0.15, 0.2) is 0 Å². The van der Waals surface area contributed by atoms with Crippen LogP contribution < -0.4 is 11.5 Å².